The second-order valence-electron chi connectivity index (χ2n) is 10.1. The van der Waals surface area contributed by atoms with Crippen LogP contribution in [0.1, 0.15) is 42.9 Å². The Labute approximate surface area is 221 Å². The van der Waals surface area contributed by atoms with Crippen molar-refractivity contribution in [2.24, 2.45) is 14.1 Å². The first kappa shape index (κ1) is 25.8. The maximum absolute atomic E-state index is 13.1. The molecule has 1 fully saturated rings. The maximum Gasteiger partial charge on any atom is 0.332 e. The standard InChI is InChI=1S/C29H34N6O3/c1-20(21(2)36)35-24(30-27-26(35)28(37)32(4)29(38)31(27)3)19-33-15-17-34(18-16-33)25(22-11-7-5-8-12-22)23-13-9-6-10-14-23/h5-14,20,25H,15-19H2,1-4H3. The molecule has 2 aromatic heterocycles. The number of nitrogens with zero attached hydrogens (tertiary/aromatic N) is 6. The van der Waals surface area contributed by atoms with Crippen LogP contribution in [-0.2, 0) is 25.4 Å². The molecule has 2 aromatic carbocycles. The zero-order valence-electron chi connectivity index (χ0n) is 22.4. The molecule has 4 aromatic rings. The molecule has 9 heteroatoms. The van der Waals surface area contributed by atoms with Crippen molar-refractivity contribution in [1.82, 2.24) is 28.5 Å². The summed E-state index contributed by atoms with van der Waals surface area (Å²) in [6.07, 6.45) is 0. The molecule has 38 heavy (non-hydrogen) atoms. The normalized spacial score (nSPS) is 15.8. The van der Waals surface area contributed by atoms with Gasteiger partial charge in [0.25, 0.3) is 5.56 Å². The predicted molar refractivity (Wildman–Crippen MR) is 147 cm³/mol. The molecule has 0 N–H and O–H groups in total. The third kappa shape index (κ3) is 4.63. The fourth-order valence-electron chi connectivity index (χ4n) is 5.43. The lowest BCUT2D eigenvalue weighted by atomic mass is 9.96. The van der Waals surface area contributed by atoms with Crippen molar-refractivity contribution in [3.8, 4) is 0 Å². The molecule has 0 radical (unpaired) electrons. The summed E-state index contributed by atoms with van der Waals surface area (Å²) in [6, 6.07) is 20.7. The smallest absolute Gasteiger partial charge is 0.311 e. The molecule has 5 rings (SSSR count). The third-order valence-corrected chi connectivity index (χ3v) is 7.71. The number of hydrogen-bond acceptors (Lipinski definition) is 6. The van der Waals surface area contributed by atoms with Crippen molar-refractivity contribution in [2.75, 3.05) is 26.2 Å². The number of piperazine rings is 1. The zero-order chi connectivity index (χ0) is 27.0. The van der Waals surface area contributed by atoms with Crippen LogP contribution < -0.4 is 11.2 Å². The molecule has 0 saturated carbocycles. The van der Waals surface area contributed by atoms with Gasteiger partial charge in [0.1, 0.15) is 5.82 Å². The summed E-state index contributed by atoms with van der Waals surface area (Å²) in [4.78, 5) is 47.6. The Morgan fingerprint density at radius 2 is 1.42 bits per heavy atom. The van der Waals surface area contributed by atoms with Crippen LogP contribution in [0.5, 0.6) is 0 Å². The highest BCUT2D eigenvalue weighted by molar-refractivity contribution is 5.82. The van der Waals surface area contributed by atoms with Crippen molar-refractivity contribution in [3.63, 3.8) is 0 Å². The number of rotatable bonds is 7. The average molecular weight is 515 g/mol. The Balaban J connectivity index is 1.44. The van der Waals surface area contributed by atoms with Crippen molar-refractivity contribution in [2.45, 2.75) is 32.5 Å². The van der Waals surface area contributed by atoms with E-state index in [9.17, 15) is 14.4 Å². The summed E-state index contributed by atoms with van der Waals surface area (Å²) in [5.74, 6) is 0.553. The van der Waals surface area contributed by atoms with Crippen LogP contribution in [0.15, 0.2) is 70.3 Å². The van der Waals surface area contributed by atoms with E-state index in [1.807, 2.05) is 12.1 Å². The van der Waals surface area contributed by atoms with Gasteiger partial charge in [0.2, 0.25) is 0 Å². The van der Waals surface area contributed by atoms with Gasteiger partial charge in [0.15, 0.2) is 16.9 Å². The van der Waals surface area contributed by atoms with Gasteiger partial charge in [0.05, 0.1) is 18.6 Å². The monoisotopic (exact) mass is 514 g/mol. The second kappa shape index (κ2) is 10.5. The number of aromatic nitrogens is 4. The molecule has 9 nitrogen and oxygen atoms in total. The van der Waals surface area contributed by atoms with Gasteiger partial charge in [-0.15, -0.1) is 0 Å². The minimum Gasteiger partial charge on any atom is -0.311 e. The minimum atomic E-state index is -0.568. The molecule has 1 aliphatic heterocycles. The quantitative estimate of drug-likeness (QED) is 0.377. The van der Waals surface area contributed by atoms with Gasteiger partial charge < -0.3 is 4.57 Å². The van der Waals surface area contributed by atoms with E-state index in [-0.39, 0.29) is 11.8 Å². The van der Waals surface area contributed by atoms with E-state index in [1.54, 1.807) is 18.5 Å². The highest BCUT2D eigenvalue weighted by Gasteiger charge is 2.29. The van der Waals surface area contributed by atoms with Gasteiger partial charge in [-0.2, -0.15) is 0 Å². The summed E-state index contributed by atoms with van der Waals surface area (Å²) in [6.45, 7) is 7.11. The molecule has 3 heterocycles. The number of imidazole rings is 1. The molecule has 0 spiro atoms. The van der Waals surface area contributed by atoms with Crippen LogP contribution in [0, 0.1) is 0 Å². The van der Waals surface area contributed by atoms with E-state index in [0.29, 0.717) is 23.5 Å². The van der Waals surface area contributed by atoms with Gasteiger partial charge >= 0.3 is 5.69 Å². The molecule has 1 unspecified atom stereocenters. The highest BCUT2D eigenvalue weighted by atomic mass is 16.2. The first-order chi connectivity index (χ1) is 18.3. The lowest BCUT2D eigenvalue weighted by Crippen LogP contribution is -2.47. The van der Waals surface area contributed by atoms with Gasteiger partial charge in [-0.1, -0.05) is 60.7 Å². The predicted octanol–water partition coefficient (Wildman–Crippen LogP) is 2.49. The topological polar surface area (TPSA) is 85.4 Å². The number of carbonyl (C=O) groups excluding carboxylic acids is 1. The van der Waals surface area contributed by atoms with Crippen molar-refractivity contribution < 1.29 is 4.79 Å². The van der Waals surface area contributed by atoms with E-state index in [2.05, 4.69) is 58.3 Å². The largest absolute Gasteiger partial charge is 0.332 e. The number of hydrogen-bond donors (Lipinski definition) is 0. The fourth-order valence-corrected chi connectivity index (χ4v) is 5.43. The number of Topliss-reactive ketones (excluding diaryl/α,β-unsaturated/α-hetero) is 1. The van der Waals surface area contributed by atoms with Crippen LogP contribution >= 0.6 is 0 Å². The number of ketones is 1. The summed E-state index contributed by atoms with van der Waals surface area (Å²) in [5, 5.41) is 0. The summed E-state index contributed by atoms with van der Waals surface area (Å²) >= 11 is 0. The fraction of sp³-hybridized carbons (Fsp3) is 0.379. The van der Waals surface area contributed by atoms with Crippen molar-refractivity contribution in [1.29, 1.82) is 0 Å². The lowest BCUT2D eigenvalue weighted by Gasteiger charge is -2.39. The molecule has 1 aliphatic rings. The maximum atomic E-state index is 13.1. The Bertz CT molecular complexity index is 1520. The Kier molecular flexibility index (Phi) is 7.14. The van der Waals surface area contributed by atoms with Crippen LogP contribution in [0.4, 0.5) is 0 Å². The average Bonchev–Trinajstić information content (AvgIpc) is 3.31. The molecule has 0 bridgehead atoms. The third-order valence-electron chi connectivity index (χ3n) is 7.71. The van der Waals surface area contributed by atoms with E-state index in [4.69, 9.17) is 4.98 Å². The second-order valence-corrected chi connectivity index (χ2v) is 10.1. The molecular formula is C29H34N6O3. The van der Waals surface area contributed by atoms with Crippen LogP contribution in [0.3, 0.4) is 0 Å². The van der Waals surface area contributed by atoms with E-state index in [0.717, 1.165) is 30.7 Å². The van der Waals surface area contributed by atoms with Crippen molar-refractivity contribution in [3.05, 3.63) is 98.5 Å². The van der Waals surface area contributed by atoms with Gasteiger partial charge in [0, 0.05) is 40.3 Å². The minimum absolute atomic E-state index is 0.0696. The number of fused-ring (bicyclic) bond motifs is 1. The van der Waals surface area contributed by atoms with Gasteiger partial charge in [-0.25, -0.2) is 9.78 Å². The number of carbonyl (C=O) groups is 1. The lowest BCUT2D eigenvalue weighted by molar-refractivity contribution is -0.119. The van der Waals surface area contributed by atoms with Gasteiger partial charge in [-0.3, -0.25) is 28.5 Å². The first-order valence-corrected chi connectivity index (χ1v) is 13.0. The zero-order valence-corrected chi connectivity index (χ0v) is 22.4. The van der Waals surface area contributed by atoms with Crippen molar-refractivity contribution >= 4 is 16.9 Å². The van der Waals surface area contributed by atoms with Crippen LogP contribution in [0.25, 0.3) is 11.2 Å². The van der Waals surface area contributed by atoms with E-state index >= 15 is 0 Å². The Hall–Kier alpha value is -3.82. The first-order valence-electron chi connectivity index (χ1n) is 13.0. The summed E-state index contributed by atoms with van der Waals surface area (Å²) in [5.41, 5.74) is 2.26. The van der Waals surface area contributed by atoms with E-state index in [1.165, 1.54) is 29.7 Å². The van der Waals surface area contributed by atoms with Crippen LogP contribution in [0.2, 0.25) is 0 Å². The molecule has 1 saturated heterocycles. The number of benzene rings is 2. The Morgan fingerprint density at radius 3 is 1.95 bits per heavy atom. The molecule has 0 aliphatic carbocycles. The highest BCUT2D eigenvalue weighted by Crippen LogP contribution is 2.30. The molecular weight excluding hydrogens is 480 g/mol. The Morgan fingerprint density at radius 1 is 0.868 bits per heavy atom. The van der Waals surface area contributed by atoms with E-state index < -0.39 is 17.3 Å². The summed E-state index contributed by atoms with van der Waals surface area (Å²) in [7, 11) is 3.06. The van der Waals surface area contributed by atoms with Gasteiger partial charge in [-0.05, 0) is 25.0 Å². The number of aryl methyl sites for hydroxylation is 1. The molecule has 0 amide bonds. The SMILES string of the molecule is CC(=O)C(C)n1c(CN2CCN(C(c3ccccc3)c3ccccc3)CC2)nc2c1c(=O)n(C)c(=O)n2C. The summed E-state index contributed by atoms with van der Waals surface area (Å²) < 4.78 is 4.18. The molecule has 1 atom stereocenters. The van der Waals surface area contributed by atoms with Crippen LogP contribution in [-0.4, -0.2) is 60.4 Å². The molecule has 198 valence electrons.